The molecular weight excluding hydrogens is 405 g/mol. The number of halogens is 4. The molecule has 10 heteroatoms. The van der Waals surface area contributed by atoms with Gasteiger partial charge >= 0.3 is 0 Å². The number of nitrogens with zero attached hydrogens (tertiary/aromatic N) is 1. The maximum absolute atomic E-state index is 13.5. The fourth-order valence-electron chi connectivity index (χ4n) is 3.04. The van der Waals surface area contributed by atoms with E-state index >= 15 is 0 Å². The van der Waals surface area contributed by atoms with Gasteiger partial charge in [0.2, 0.25) is 6.43 Å². The molecule has 1 unspecified atom stereocenters. The molecule has 1 heterocycles. The number of hydrogen-bond donors (Lipinski definition) is 1. The highest BCUT2D eigenvalue weighted by atomic mass is 35.5. The Labute approximate surface area is 159 Å². The number of rotatable bonds is 6. The summed E-state index contributed by atoms with van der Waals surface area (Å²) in [6, 6.07) is 3.94. The van der Waals surface area contributed by atoms with Gasteiger partial charge < -0.3 is 9.72 Å². The van der Waals surface area contributed by atoms with Gasteiger partial charge in [0.1, 0.15) is 17.7 Å². The predicted molar refractivity (Wildman–Crippen MR) is 93.3 cm³/mol. The van der Waals surface area contributed by atoms with Crippen LogP contribution in [0.15, 0.2) is 23.2 Å². The molecule has 3 rings (SSSR count). The van der Waals surface area contributed by atoms with Gasteiger partial charge in [0, 0.05) is 12.2 Å². The van der Waals surface area contributed by atoms with Gasteiger partial charge in [0.15, 0.2) is 14.9 Å². The van der Waals surface area contributed by atoms with E-state index in [9.17, 15) is 21.6 Å². The summed E-state index contributed by atoms with van der Waals surface area (Å²) in [4.78, 5) is 6.99. The Bertz CT molecular complexity index is 943. The summed E-state index contributed by atoms with van der Waals surface area (Å²) in [5.74, 6) is -1.15. The monoisotopic (exact) mass is 422 g/mol. The van der Waals surface area contributed by atoms with Crippen molar-refractivity contribution in [3.8, 4) is 0 Å². The minimum absolute atomic E-state index is 0.127. The standard InChI is InChI=1S/C17H18ClF3N2O3S/c1-8-17(27(2,24)25)23-16(22-8)14(9-3-4-13(19)12(18)7-9)26-11-5-10(6-11)15(20)21/h3-4,7,10-11,14-15H,5-6H2,1-2H3,(H,22,23). The number of ether oxygens (including phenoxy) is 1. The fourth-order valence-corrected chi connectivity index (χ4v) is 4.10. The van der Waals surface area contributed by atoms with Crippen LogP contribution in [-0.2, 0) is 14.6 Å². The first-order chi connectivity index (χ1) is 12.6. The first-order valence-corrected chi connectivity index (χ1v) is 10.5. The third-order valence-electron chi connectivity index (χ3n) is 4.52. The summed E-state index contributed by atoms with van der Waals surface area (Å²) in [5, 5.41) is -0.259. The normalized spacial score (nSPS) is 21.3. The van der Waals surface area contributed by atoms with E-state index in [1.807, 2.05) is 0 Å². The molecule has 5 nitrogen and oxygen atoms in total. The Morgan fingerprint density at radius 2 is 2.00 bits per heavy atom. The summed E-state index contributed by atoms with van der Waals surface area (Å²) in [5.41, 5.74) is 0.768. The maximum atomic E-state index is 13.5. The second-order valence-electron chi connectivity index (χ2n) is 6.70. The van der Waals surface area contributed by atoms with E-state index in [4.69, 9.17) is 16.3 Å². The number of H-pyrrole nitrogens is 1. The van der Waals surface area contributed by atoms with E-state index in [1.54, 1.807) is 6.92 Å². The van der Waals surface area contributed by atoms with Crippen molar-refractivity contribution in [1.82, 2.24) is 9.97 Å². The number of alkyl halides is 2. The van der Waals surface area contributed by atoms with Gasteiger partial charge in [-0.15, -0.1) is 0 Å². The molecule has 0 radical (unpaired) electrons. The van der Waals surface area contributed by atoms with Crippen LogP contribution in [-0.4, -0.2) is 37.2 Å². The van der Waals surface area contributed by atoms with Gasteiger partial charge in [0.05, 0.1) is 16.8 Å². The summed E-state index contributed by atoms with van der Waals surface area (Å²) < 4.78 is 68.6. The topological polar surface area (TPSA) is 72.0 Å². The zero-order valence-electron chi connectivity index (χ0n) is 14.5. The molecule has 0 bridgehead atoms. The van der Waals surface area contributed by atoms with Crippen molar-refractivity contribution >= 4 is 21.4 Å². The van der Waals surface area contributed by atoms with E-state index in [2.05, 4.69) is 9.97 Å². The lowest BCUT2D eigenvalue weighted by Gasteiger charge is -2.36. The quantitative estimate of drug-likeness (QED) is 0.761. The Hall–Kier alpha value is -1.58. The third kappa shape index (κ3) is 4.30. The molecule has 2 aromatic rings. The molecule has 1 aliphatic carbocycles. The minimum Gasteiger partial charge on any atom is -0.362 e. The van der Waals surface area contributed by atoms with Crippen LogP contribution in [0.4, 0.5) is 13.2 Å². The summed E-state index contributed by atoms with van der Waals surface area (Å²) in [6.45, 7) is 1.55. The maximum Gasteiger partial charge on any atom is 0.241 e. The van der Waals surface area contributed by atoms with E-state index in [-0.39, 0.29) is 28.7 Å². The van der Waals surface area contributed by atoms with E-state index in [1.165, 1.54) is 12.1 Å². The summed E-state index contributed by atoms with van der Waals surface area (Å²) in [7, 11) is -3.57. The van der Waals surface area contributed by atoms with E-state index < -0.39 is 40.2 Å². The lowest BCUT2D eigenvalue weighted by Crippen LogP contribution is -2.36. The molecule has 148 valence electrons. The number of sulfone groups is 1. The number of nitrogens with one attached hydrogen (secondary N) is 1. The largest absolute Gasteiger partial charge is 0.362 e. The molecular formula is C17H18ClF3N2O3S. The first kappa shape index (κ1) is 20.2. The van der Waals surface area contributed by atoms with Crippen LogP contribution in [0.2, 0.25) is 5.02 Å². The number of aromatic amines is 1. The van der Waals surface area contributed by atoms with Crippen LogP contribution in [0.25, 0.3) is 0 Å². The summed E-state index contributed by atoms with van der Waals surface area (Å²) in [6.07, 6.45) is -2.34. The third-order valence-corrected chi connectivity index (χ3v) is 5.91. The lowest BCUT2D eigenvalue weighted by atomic mass is 9.82. The number of aromatic nitrogens is 2. The molecule has 27 heavy (non-hydrogen) atoms. The van der Waals surface area contributed by atoms with E-state index in [0.29, 0.717) is 11.3 Å². The molecule has 1 aromatic carbocycles. The number of benzene rings is 1. The average molecular weight is 423 g/mol. The van der Waals surface area contributed by atoms with Crippen molar-refractivity contribution in [2.45, 2.75) is 43.4 Å². The van der Waals surface area contributed by atoms with Gasteiger partial charge in [0.25, 0.3) is 0 Å². The van der Waals surface area contributed by atoms with Crippen LogP contribution in [0, 0.1) is 18.7 Å². The predicted octanol–water partition coefficient (Wildman–Crippen LogP) is 4.06. The lowest BCUT2D eigenvalue weighted by molar-refractivity contribution is -0.103. The molecule has 1 atom stereocenters. The number of hydrogen-bond acceptors (Lipinski definition) is 4. The molecule has 0 saturated heterocycles. The van der Waals surface area contributed by atoms with Crippen molar-refractivity contribution < 1.29 is 26.3 Å². The van der Waals surface area contributed by atoms with Gasteiger partial charge in [-0.25, -0.2) is 26.6 Å². The van der Waals surface area contributed by atoms with Gasteiger partial charge in [-0.3, -0.25) is 0 Å². The number of imidazole rings is 1. The van der Waals surface area contributed by atoms with Crippen molar-refractivity contribution in [3.63, 3.8) is 0 Å². The van der Waals surface area contributed by atoms with Crippen molar-refractivity contribution in [2.75, 3.05) is 6.26 Å². The molecule has 1 saturated carbocycles. The Morgan fingerprint density at radius 3 is 2.52 bits per heavy atom. The Kier molecular flexibility index (Phi) is 5.56. The molecule has 0 aliphatic heterocycles. The molecule has 1 aliphatic rings. The van der Waals surface area contributed by atoms with Crippen LogP contribution in [0.1, 0.15) is 36.0 Å². The second-order valence-corrected chi connectivity index (χ2v) is 9.04. The van der Waals surface area contributed by atoms with Crippen LogP contribution >= 0.6 is 11.6 Å². The SMILES string of the molecule is Cc1[nH]c(C(OC2CC(C(F)F)C2)c2ccc(F)c(Cl)c2)nc1S(C)(=O)=O. The van der Waals surface area contributed by atoms with Crippen molar-refractivity contribution in [3.05, 3.63) is 46.1 Å². The highest BCUT2D eigenvalue weighted by molar-refractivity contribution is 7.90. The second kappa shape index (κ2) is 7.44. The van der Waals surface area contributed by atoms with Crippen LogP contribution < -0.4 is 0 Å². The molecule has 1 N–H and O–H groups in total. The molecule has 1 fully saturated rings. The Morgan fingerprint density at radius 1 is 1.33 bits per heavy atom. The van der Waals surface area contributed by atoms with Gasteiger partial charge in [-0.1, -0.05) is 17.7 Å². The van der Waals surface area contributed by atoms with E-state index in [0.717, 1.165) is 12.3 Å². The van der Waals surface area contributed by atoms with Crippen LogP contribution in [0.3, 0.4) is 0 Å². The minimum atomic E-state index is -3.57. The smallest absolute Gasteiger partial charge is 0.241 e. The fraction of sp³-hybridized carbons (Fsp3) is 0.471. The average Bonchev–Trinajstić information content (AvgIpc) is 2.90. The number of aryl methyl sites for hydroxylation is 1. The Balaban J connectivity index is 1.94. The molecule has 0 spiro atoms. The molecule has 1 aromatic heterocycles. The zero-order valence-corrected chi connectivity index (χ0v) is 16.1. The van der Waals surface area contributed by atoms with Gasteiger partial charge in [-0.05, 0) is 37.5 Å². The van der Waals surface area contributed by atoms with Gasteiger partial charge in [-0.2, -0.15) is 0 Å². The summed E-state index contributed by atoms with van der Waals surface area (Å²) >= 11 is 5.85. The zero-order chi connectivity index (χ0) is 19.9. The highest BCUT2D eigenvalue weighted by Crippen LogP contribution is 2.39. The van der Waals surface area contributed by atoms with Crippen LogP contribution in [0.5, 0.6) is 0 Å². The first-order valence-electron chi connectivity index (χ1n) is 8.21. The van der Waals surface area contributed by atoms with Crippen molar-refractivity contribution in [1.29, 1.82) is 0 Å². The van der Waals surface area contributed by atoms with Crippen molar-refractivity contribution in [2.24, 2.45) is 5.92 Å². The molecule has 0 amide bonds. The highest BCUT2D eigenvalue weighted by Gasteiger charge is 2.39.